The number of carbonyl (C=O) groups is 2. The molecule has 2 aromatic heterocycles. The molecule has 0 radical (unpaired) electrons. The summed E-state index contributed by atoms with van der Waals surface area (Å²) in [4.78, 5) is 36.1. The predicted molar refractivity (Wildman–Crippen MR) is 140 cm³/mol. The number of fused-ring (bicyclic) bond motifs is 1. The van der Waals surface area contributed by atoms with Crippen LogP contribution in [0.25, 0.3) is 11.0 Å². The summed E-state index contributed by atoms with van der Waals surface area (Å²) in [7, 11) is 0. The van der Waals surface area contributed by atoms with Crippen molar-refractivity contribution in [1.82, 2.24) is 20.3 Å². The van der Waals surface area contributed by atoms with Crippen LogP contribution in [0.5, 0.6) is 0 Å². The minimum atomic E-state index is -1.09. The number of nitrogen functional groups attached to an aromatic ring is 1. The van der Waals surface area contributed by atoms with Crippen molar-refractivity contribution in [1.29, 1.82) is 0 Å². The van der Waals surface area contributed by atoms with Crippen LogP contribution < -0.4 is 16.8 Å². The third-order valence-corrected chi connectivity index (χ3v) is 7.68. The Morgan fingerprint density at radius 2 is 1.97 bits per heavy atom. The van der Waals surface area contributed by atoms with Crippen molar-refractivity contribution >= 4 is 28.7 Å². The van der Waals surface area contributed by atoms with Crippen LogP contribution in [0.15, 0.2) is 24.2 Å². The van der Waals surface area contributed by atoms with E-state index in [0.29, 0.717) is 28.8 Å². The van der Waals surface area contributed by atoms with Gasteiger partial charge in [-0.3, -0.25) is 4.79 Å². The third-order valence-electron chi connectivity index (χ3n) is 7.68. The lowest BCUT2D eigenvalue weighted by Crippen LogP contribution is -2.57. The number of anilines is 1. The van der Waals surface area contributed by atoms with Gasteiger partial charge in [-0.1, -0.05) is 13.8 Å². The Morgan fingerprint density at radius 3 is 2.66 bits per heavy atom. The summed E-state index contributed by atoms with van der Waals surface area (Å²) in [6, 6.07) is -1.00. The SMILES string of the molecule is CCC(CC)O[C@@H]1C=C(C(=O)OC[C@H]2C[C@@H](c3c[nH]c4c(N)ncnc34)[C@H](O)[C@@H]2O)C[C@H](N)[C@H]1NC(C)=O. The highest BCUT2D eigenvalue weighted by molar-refractivity contribution is 5.89. The summed E-state index contributed by atoms with van der Waals surface area (Å²) in [5.74, 6) is -1.39. The van der Waals surface area contributed by atoms with E-state index >= 15 is 0 Å². The first-order chi connectivity index (χ1) is 18.1. The minimum Gasteiger partial charge on any atom is -0.462 e. The van der Waals surface area contributed by atoms with Crippen molar-refractivity contribution in [3.8, 4) is 0 Å². The highest BCUT2D eigenvalue weighted by Crippen LogP contribution is 2.41. The van der Waals surface area contributed by atoms with Gasteiger partial charge in [-0.15, -0.1) is 0 Å². The monoisotopic (exact) mass is 530 g/mol. The van der Waals surface area contributed by atoms with Crippen LogP contribution in [0, 0.1) is 5.92 Å². The largest absolute Gasteiger partial charge is 0.462 e. The summed E-state index contributed by atoms with van der Waals surface area (Å²) in [5, 5.41) is 24.4. The zero-order valence-electron chi connectivity index (χ0n) is 22.0. The molecule has 2 heterocycles. The fourth-order valence-corrected chi connectivity index (χ4v) is 5.53. The summed E-state index contributed by atoms with van der Waals surface area (Å²) in [5.41, 5.74) is 14.5. The Labute approximate surface area is 221 Å². The van der Waals surface area contributed by atoms with Gasteiger partial charge < -0.3 is 41.5 Å². The molecule has 208 valence electrons. The van der Waals surface area contributed by atoms with E-state index in [1.165, 1.54) is 13.3 Å². The van der Waals surface area contributed by atoms with Crippen molar-refractivity contribution < 1.29 is 29.3 Å². The molecule has 4 rings (SSSR count). The molecule has 1 amide bonds. The van der Waals surface area contributed by atoms with Crippen molar-refractivity contribution in [3.63, 3.8) is 0 Å². The molecule has 8 N–H and O–H groups in total. The normalized spacial score (nSPS) is 29.4. The van der Waals surface area contributed by atoms with Crippen molar-refractivity contribution in [2.24, 2.45) is 11.7 Å². The highest BCUT2D eigenvalue weighted by Gasteiger charge is 2.44. The molecule has 0 saturated heterocycles. The van der Waals surface area contributed by atoms with E-state index in [4.69, 9.17) is 20.9 Å². The molecule has 1 saturated carbocycles. The quantitative estimate of drug-likeness (QED) is 0.250. The second kappa shape index (κ2) is 11.8. The molecule has 7 atom stereocenters. The van der Waals surface area contributed by atoms with E-state index in [-0.39, 0.29) is 25.0 Å². The lowest BCUT2D eigenvalue weighted by Gasteiger charge is -2.36. The van der Waals surface area contributed by atoms with Gasteiger partial charge in [-0.05, 0) is 31.8 Å². The molecule has 2 aromatic rings. The van der Waals surface area contributed by atoms with Gasteiger partial charge in [0, 0.05) is 42.1 Å². The lowest BCUT2D eigenvalue weighted by molar-refractivity contribution is -0.142. The lowest BCUT2D eigenvalue weighted by atomic mass is 9.88. The van der Waals surface area contributed by atoms with Crippen LogP contribution in [-0.2, 0) is 19.1 Å². The molecule has 38 heavy (non-hydrogen) atoms. The summed E-state index contributed by atoms with van der Waals surface area (Å²) < 4.78 is 11.8. The number of ether oxygens (including phenoxy) is 2. The number of amides is 1. The van der Waals surface area contributed by atoms with E-state index < -0.39 is 48.2 Å². The molecule has 2 aliphatic rings. The Balaban J connectivity index is 1.45. The Kier molecular flexibility index (Phi) is 8.66. The van der Waals surface area contributed by atoms with Crippen LogP contribution in [0.1, 0.15) is 57.9 Å². The standard InChI is InChI=1S/C26H38N6O6/c1-4-15(5-2)38-19-8-13(7-18(27)21(19)32-12(3)33)26(36)37-10-14-6-16(24(35)23(14)34)17-9-29-22-20(17)30-11-31-25(22)28/h8-9,11,14-16,18-19,21,23-24,29,34-35H,4-7,10,27H2,1-3H3,(H,32,33)(H2,28,30,31)/t14-,16+,18+,19-,21-,23-,24+/m1/s1. The first kappa shape index (κ1) is 28.0. The minimum absolute atomic E-state index is 0.0488. The van der Waals surface area contributed by atoms with Gasteiger partial charge in [0.2, 0.25) is 5.91 Å². The van der Waals surface area contributed by atoms with E-state index in [1.54, 1.807) is 12.3 Å². The average Bonchev–Trinajstić information content (AvgIpc) is 3.44. The highest BCUT2D eigenvalue weighted by atomic mass is 16.5. The first-order valence-electron chi connectivity index (χ1n) is 13.1. The fraction of sp³-hybridized carbons (Fsp3) is 0.615. The number of nitrogens with one attached hydrogen (secondary N) is 2. The van der Waals surface area contributed by atoms with Gasteiger partial charge in [0.1, 0.15) is 11.8 Å². The average molecular weight is 531 g/mol. The number of esters is 1. The molecular formula is C26H38N6O6. The number of hydrogen-bond donors (Lipinski definition) is 6. The van der Waals surface area contributed by atoms with Gasteiger partial charge >= 0.3 is 5.97 Å². The number of aromatic amines is 1. The van der Waals surface area contributed by atoms with E-state index in [2.05, 4.69) is 20.3 Å². The number of H-pyrrole nitrogens is 1. The van der Waals surface area contributed by atoms with Gasteiger partial charge in [-0.2, -0.15) is 0 Å². The van der Waals surface area contributed by atoms with Gasteiger partial charge in [0.05, 0.1) is 42.6 Å². The van der Waals surface area contributed by atoms with Crippen LogP contribution in [-0.4, -0.2) is 80.1 Å². The fourth-order valence-electron chi connectivity index (χ4n) is 5.53. The molecule has 0 unspecified atom stereocenters. The number of hydrogen-bond acceptors (Lipinski definition) is 10. The number of rotatable bonds is 9. The molecule has 0 aliphatic heterocycles. The number of aliphatic hydroxyl groups excluding tert-OH is 2. The van der Waals surface area contributed by atoms with Crippen molar-refractivity contribution in [3.05, 3.63) is 29.7 Å². The molecule has 0 bridgehead atoms. The second-order valence-electron chi connectivity index (χ2n) is 10.2. The molecule has 1 fully saturated rings. The summed E-state index contributed by atoms with van der Waals surface area (Å²) >= 11 is 0. The van der Waals surface area contributed by atoms with E-state index in [0.717, 1.165) is 18.4 Å². The number of aliphatic hydroxyl groups is 2. The molecular weight excluding hydrogens is 492 g/mol. The topological polar surface area (TPSA) is 199 Å². The van der Waals surface area contributed by atoms with E-state index in [9.17, 15) is 19.8 Å². The van der Waals surface area contributed by atoms with Crippen LogP contribution in [0.3, 0.4) is 0 Å². The van der Waals surface area contributed by atoms with E-state index in [1.807, 2.05) is 13.8 Å². The Hall–Kier alpha value is -3.06. The number of aromatic nitrogens is 3. The van der Waals surface area contributed by atoms with Crippen LogP contribution >= 0.6 is 0 Å². The maximum atomic E-state index is 13.0. The van der Waals surface area contributed by atoms with Crippen LogP contribution in [0.4, 0.5) is 5.82 Å². The van der Waals surface area contributed by atoms with Gasteiger partial charge in [0.15, 0.2) is 5.82 Å². The Bertz CT molecular complexity index is 1180. The van der Waals surface area contributed by atoms with Gasteiger partial charge in [-0.25, -0.2) is 14.8 Å². The first-order valence-corrected chi connectivity index (χ1v) is 13.1. The molecule has 0 aromatic carbocycles. The summed E-state index contributed by atoms with van der Waals surface area (Å²) in [6.07, 6.45) is 4.13. The predicted octanol–water partition coefficient (Wildman–Crippen LogP) is 0.645. The smallest absolute Gasteiger partial charge is 0.333 e. The zero-order valence-corrected chi connectivity index (χ0v) is 22.0. The molecule has 2 aliphatic carbocycles. The maximum absolute atomic E-state index is 13.0. The third kappa shape index (κ3) is 5.68. The van der Waals surface area contributed by atoms with Gasteiger partial charge in [0.25, 0.3) is 0 Å². The maximum Gasteiger partial charge on any atom is 0.333 e. The Morgan fingerprint density at radius 1 is 1.24 bits per heavy atom. The van der Waals surface area contributed by atoms with Crippen LogP contribution in [0.2, 0.25) is 0 Å². The number of carbonyl (C=O) groups excluding carboxylic acids is 2. The van der Waals surface area contributed by atoms with Crippen molar-refractivity contribution in [2.45, 2.75) is 88.9 Å². The number of nitrogens with zero attached hydrogens (tertiary/aromatic N) is 2. The molecule has 12 nitrogen and oxygen atoms in total. The second-order valence-corrected chi connectivity index (χ2v) is 10.2. The molecule has 12 heteroatoms. The zero-order chi connectivity index (χ0) is 27.6. The number of nitrogens with two attached hydrogens (primary N) is 2. The van der Waals surface area contributed by atoms with Crippen molar-refractivity contribution in [2.75, 3.05) is 12.3 Å². The summed E-state index contributed by atoms with van der Waals surface area (Å²) in [6.45, 7) is 5.36. The molecule has 0 spiro atoms.